The van der Waals surface area contributed by atoms with Crippen LogP contribution < -0.4 is 5.32 Å². The molecule has 0 bridgehead atoms. The molecule has 3 aromatic rings. The number of carbonyl (C=O) groups is 1. The van der Waals surface area contributed by atoms with Crippen LogP contribution in [0.25, 0.3) is 5.82 Å². The van der Waals surface area contributed by atoms with Crippen molar-refractivity contribution in [2.45, 2.75) is 20.8 Å². The van der Waals surface area contributed by atoms with Crippen LogP contribution in [-0.2, 0) is 0 Å². The van der Waals surface area contributed by atoms with Gasteiger partial charge < -0.3 is 9.88 Å². The van der Waals surface area contributed by atoms with E-state index in [4.69, 9.17) is 0 Å². The minimum Gasteiger partial charge on any atom is -0.322 e. The van der Waals surface area contributed by atoms with Crippen LogP contribution in [0.2, 0.25) is 0 Å². The Bertz CT molecular complexity index is 994. The Hall–Kier alpha value is -3.48. The summed E-state index contributed by atoms with van der Waals surface area (Å²) in [5.74, 6) is 0.408. The monoisotopic (exact) mass is 350 g/mol. The molecule has 0 spiro atoms. The highest BCUT2D eigenvalue weighted by Crippen LogP contribution is 2.24. The number of amides is 1. The molecule has 7 nitrogen and oxygen atoms in total. The Morgan fingerprint density at radius 2 is 1.92 bits per heavy atom. The Morgan fingerprint density at radius 1 is 1.15 bits per heavy atom. The van der Waals surface area contributed by atoms with Crippen molar-refractivity contribution in [2.75, 3.05) is 5.32 Å². The number of nitrogens with zero attached hydrogens (tertiary/aromatic N) is 3. The Balaban J connectivity index is 1.92. The molecule has 132 valence electrons. The van der Waals surface area contributed by atoms with Gasteiger partial charge in [0.1, 0.15) is 5.82 Å². The van der Waals surface area contributed by atoms with Gasteiger partial charge in [0, 0.05) is 34.9 Å². The molecule has 0 radical (unpaired) electrons. The molecule has 3 rings (SSSR count). The molecule has 1 N–H and O–H groups in total. The second-order valence-electron chi connectivity index (χ2n) is 6.02. The van der Waals surface area contributed by atoms with E-state index in [0.717, 1.165) is 17.2 Å². The fourth-order valence-electron chi connectivity index (χ4n) is 2.91. The van der Waals surface area contributed by atoms with Crippen molar-refractivity contribution in [3.05, 3.63) is 81.3 Å². The lowest BCUT2D eigenvalue weighted by molar-refractivity contribution is -0.385. The number of aromatic nitrogens is 2. The van der Waals surface area contributed by atoms with E-state index in [1.165, 1.54) is 6.07 Å². The van der Waals surface area contributed by atoms with Crippen LogP contribution >= 0.6 is 0 Å². The summed E-state index contributed by atoms with van der Waals surface area (Å²) in [6, 6.07) is 12.0. The van der Waals surface area contributed by atoms with Gasteiger partial charge in [-0.15, -0.1) is 0 Å². The van der Waals surface area contributed by atoms with Crippen molar-refractivity contribution < 1.29 is 9.72 Å². The topological polar surface area (TPSA) is 90.1 Å². The minimum atomic E-state index is -0.460. The van der Waals surface area contributed by atoms with E-state index in [1.807, 2.05) is 36.6 Å². The van der Waals surface area contributed by atoms with Crippen molar-refractivity contribution in [1.29, 1.82) is 0 Å². The third kappa shape index (κ3) is 3.19. The van der Waals surface area contributed by atoms with Crippen molar-refractivity contribution in [3.8, 4) is 5.82 Å². The highest BCUT2D eigenvalue weighted by Gasteiger charge is 2.18. The van der Waals surface area contributed by atoms with Crippen LogP contribution in [0.5, 0.6) is 0 Å². The number of nitro benzene ring substituents is 1. The molecule has 2 aromatic heterocycles. The zero-order valence-corrected chi connectivity index (χ0v) is 14.7. The van der Waals surface area contributed by atoms with E-state index in [2.05, 4.69) is 10.3 Å². The number of rotatable bonds is 4. The summed E-state index contributed by atoms with van der Waals surface area (Å²) in [6.07, 6.45) is 1.69. The molecule has 26 heavy (non-hydrogen) atoms. The molecule has 0 aliphatic carbocycles. The first kappa shape index (κ1) is 17.3. The smallest absolute Gasteiger partial charge is 0.274 e. The Labute approximate surface area is 150 Å². The zero-order chi connectivity index (χ0) is 18.8. The summed E-state index contributed by atoms with van der Waals surface area (Å²) in [5, 5.41) is 13.8. The lowest BCUT2D eigenvalue weighted by atomic mass is 10.1. The van der Waals surface area contributed by atoms with Gasteiger partial charge in [0.05, 0.1) is 10.5 Å². The van der Waals surface area contributed by atoms with Gasteiger partial charge in [-0.2, -0.15) is 0 Å². The van der Waals surface area contributed by atoms with E-state index in [-0.39, 0.29) is 11.6 Å². The van der Waals surface area contributed by atoms with Crippen LogP contribution in [0.1, 0.15) is 27.3 Å². The molecule has 0 saturated carbocycles. The van der Waals surface area contributed by atoms with Gasteiger partial charge in [-0.05, 0) is 45.0 Å². The summed E-state index contributed by atoms with van der Waals surface area (Å²) in [5.41, 5.74) is 3.02. The third-order valence-corrected chi connectivity index (χ3v) is 4.22. The largest absolute Gasteiger partial charge is 0.322 e. The normalized spacial score (nSPS) is 10.6. The van der Waals surface area contributed by atoms with Crippen LogP contribution in [0, 0.1) is 30.9 Å². The average Bonchev–Trinajstić information content (AvgIpc) is 2.91. The van der Waals surface area contributed by atoms with Gasteiger partial charge >= 0.3 is 0 Å². The van der Waals surface area contributed by atoms with Crippen LogP contribution in [0.4, 0.5) is 11.4 Å². The van der Waals surface area contributed by atoms with Crippen molar-refractivity contribution in [3.63, 3.8) is 0 Å². The molecule has 0 aliphatic rings. The number of nitrogens with one attached hydrogen (secondary N) is 1. The van der Waals surface area contributed by atoms with Gasteiger partial charge in [-0.25, -0.2) is 4.98 Å². The summed E-state index contributed by atoms with van der Waals surface area (Å²) >= 11 is 0. The fraction of sp³-hybridized carbons (Fsp3) is 0.158. The van der Waals surface area contributed by atoms with Crippen LogP contribution in [0.15, 0.2) is 48.7 Å². The van der Waals surface area contributed by atoms with E-state index in [9.17, 15) is 14.9 Å². The second-order valence-corrected chi connectivity index (χ2v) is 6.02. The van der Waals surface area contributed by atoms with Gasteiger partial charge in [0.25, 0.3) is 11.6 Å². The lowest BCUT2D eigenvalue weighted by Gasteiger charge is -2.09. The Morgan fingerprint density at radius 3 is 2.58 bits per heavy atom. The maximum atomic E-state index is 12.7. The third-order valence-electron chi connectivity index (χ3n) is 4.22. The second kappa shape index (κ2) is 6.79. The lowest BCUT2D eigenvalue weighted by Crippen LogP contribution is -2.13. The SMILES string of the molecule is Cc1ccc(NC(=O)c2cc(C)n(-c3ccccn3)c2C)cc1[N+](=O)[O-]. The molecule has 0 aliphatic heterocycles. The number of benzene rings is 1. The highest BCUT2D eigenvalue weighted by molar-refractivity contribution is 6.05. The minimum absolute atomic E-state index is 0.0261. The highest BCUT2D eigenvalue weighted by atomic mass is 16.6. The number of nitro groups is 1. The maximum absolute atomic E-state index is 12.7. The molecule has 7 heteroatoms. The number of carbonyl (C=O) groups excluding carboxylic acids is 1. The molecule has 0 saturated heterocycles. The van der Waals surface area contributed by atoms with E-state index >= 15 is 0 Å². The molecular weight excluding hydrogens is 332 g/mol. The standard InChI is InChI=1S/C19H18N4O3/c1-12-7-8-15(11-17(12)23(25)26)21-19(24)16-10-13(2)22(14(16)3)18-6-4-5-9-20-18/h4-11H,1-3H3,(H,21,24). The number of hydrogen-bond acceptors (Lipinski definition) is 4. The van der Waals surface area contributed by atoms with Gasteiger partial charge in [-0.3, -0.25) is 14.9 Å². The summed E-state index contributed by atoms with van der Waals surface area (Å²) < 4.78 is 1.90. The van der Waals surface area contributed by atoms with Crippen molar-refractivity contribution in [2.24, 2.45) is 0 Å². The molecule has 1 amide bonds. The number of aryl methyl sites for hydroxylation is 2. The van der Waals surface area contributed by atoms with Crippen LogP contribution in [0.3, 0.4) is 0 Å². The predicted molar refractivity (Wildman–Crippen MR) is 98.8 cm³/mol. The number of anilines is 1. The fourth-order valence-corrected chi connectivity index (χ4v) is 2.91. The molecule has 0 unspecified atom stereocenters. The van der Waals surface area contributed by atoms with E-state index in [0.29, 0.717) is 16.8 Å². The van der Waals surface area contributed by atoms with E-state index in [1.54, 1.807) is 31.3 Å². The number of pyridine rings is 1. The first-order valence-electron chi connectivity index (χ1n) is 8.05. The van der Waals surface area contributed by atoms with Crippen LogP contribution in [-0.4, -0.2) is 20.4 Å². The first-order chi connectivity index (χ1) is 12.4. The summed E-state index contributed by atoms with van der Waals surface area (Å²) in [7, 11) is 0. The Kier molecular flexibility index (Phi) is 4.53. The summed E-state index contributed by atoms with van der Waals surface area (Å²) in [4.78, 5) is 27.6. The number of hydrogen-bond donors (Lipinski definition) is 1. The van der Waals surface area contributed by atoms with Gasteiger partial charge in [0.2, 0.25) is 0 Å². The molecular formula is C19H18N4O3. The van der Waals surface area contributed by atoms with Crippen molar-refractivity contribution >= 4 is 17.3 Å². The molecule has 0 fully saturated rings. The van der Waals surface area contributed by atoms with Gasteiger partial charge in [0.15, 0.2) is 0 Å². The zero-order valence-electron chi connectivity index (χ0n) is 14.7. The molecule has 1 aromatic carbocycles. The van der Waals surface area contributed by atoms with E-state index < -0.39 is 4.92 Å². The molecule has 0 atom stereocenters. The van der Waals surface area contributed by atoms with Crippen molar-refractivity contribution in [1.82, 2.24) is 9.55 Å². The first-order valence-corrected chi connectivity index (χ1v) is 8.05. The predicted octanol–water partition coefficient (Wildman–Crippen LogP) is 3.96. The molecule has 2 heterocycles. The summed E-state index contributed by atoms with van der Waals surface area (Å²) in [6.45, 7) is 5.40. The average molecular weight is 350 g/mol. The maximum Gasteiger partial charge on any atom is 0.274 e. The van der Waals surface area contributed by atoms with Gasteiger partial charge in [-0.1, -0.05) is 12.1 Å². The quantitative estimate of drug-likeness (QED) is 0.570.